The fraction of sp³-hybridized carbons (Fsp3) is 0.400. The zero-order valence-electron chi connectivity index (χ0n) is 7.52. The van der Waals surface area contributed by atoms with E-state index in [1.54, 1.807) is 11.3 Å². The summed E-state index contributed by atoms with van der Waals surface area (Å²) in [5, 5.41) is 2.11. The lowest BCUT2D eigenvalue weighted by Crippen LogP contribution is -1.84. The molecule has 72 valence electrons. The summed E-state index contributed by atoms with van der Waals surface area (Å²) in [7, 11) is 0. The lowest BCUT2D eigenvalue weighted by Gasteiger charge is -1.99. The molecular formula is C10H12BrClS. The van der Waals surface area contributed by atoms with Crippen molar-refractivity contribution in [2.75, 3.05) is 5.88 Å². The van der Waals surface area contributed by atoms with Gasteiger partial charge in [-0.1, -0.05) is 11.6 Å². The third-order valence-electron chi connectivity index (χ3n) is 1.73. The van der Waals surface area contributed by atoms with Gasteiger partial charge < -0.3 is 0 Å². The monoisotopic (exact) mass is 278 g/mol. The topological polar surface area (TPSA) is 0 Å². The number of rotatable bonds is 4. The van der Waals surface area contributed by atoms with Crippen molar-refractivity contribution in [2.24, 2.45) is 0 Å². The van der Waals surface area contributed by atoms with Crippen molar-refractivity contribution in [3.63, 3.8) is 0 Å². The minimum absolute atomic E-state index is 0.711. The SMILES string of the molecule is CC(=CCCCl)Cc1sccc1Br. The Kier molecular flexibility index (Phi) is 5.07. The van der Waals surface area contributed by atoms with Gasteiger partial charge in [0.25, 0.3) is 0 Å². The van der Waals surface area contributed by atoms with Crippen molar-refractivity contribution in [1.82, 2.24) is 0 Å². The van der Waals surface area contributed by atoms with Crippen LogP contribution in [0.3, 0.4) is 0 Å². The molecular weight excluding hydrogens is 268 g/mol. The third kappa shape index (κ3) is 3.84. The zero-order chi connectivity index (χ0) is 9.68. The highest BCUT2D eigenvalue weighted by Crippen LogP contribution is 2.25. The smallest absolute Gasteiger partial charge is 0.0317 e. The van der Waals surface area contributed by atoms with Crippen molar-refractivity contribution in [3.8, 4) is 0 Å². The van der Waals surface area contributed by atoms with Gasteiger partial charge >= 0.3 is 0 Å². The number of hydrogen-bond acceptors (Lipinski definition) is 1. The Bertz CT molecular complexity index is 291. The lowest BCUT2D eigenvalue weighted by molar-refractivity contribution is 1.11. The first-order valence-corrected chi connectivity index (χ1v) is 6.38. The molecule has 1 heterocycles. The second kappa shape index (κ2) is 5.84. The number of thiophene rings is 1. The Morgan fingerprint density at radius 2 is 2.46 bits per heavy atom. The summed E-state index contributed by atoms with van der Waals surface area (Å²) in [6.45, 7) is 2.15. The molecule has 0 atom stereocenters. The summed E-state index contributed by atoms with van der Waals surface area (Å²) in [5.41, 5.74) is 1.39. The lowest BCUT2D eigenvalue weighted by atomic mass is 10.1. The van der Waals surface area contributed by atoms with E-state index in [4.69, 9.17) is 11.6 Å². The molecule has 0 fully saturated rings. The molecule has 0 aliphatic heterocycles. The number of halogens is 2. The molecule has 0 bridgehead atoms. The summed E-state index contributed by atoms with van der Waals surface area (Å²) in [5.74, 6) is 0.711. The van der Waals surface area contributed by atoms with E-state index in [1.807, 2.05) is 0 Å². The summed E-state index contributed by atoms with van der Waals surface area (Å²) < 4.78 is 1.22. The molecule has 0 aliphatic carbocycles. The first kappa shape index (κ1) is 11.3. The molecule has 0 saturated heterocycles. The minimum atomic E-state index is 0.711. The van der Waals surface area contributed by atoms with Crippen LogP contribution in [-0.2, 0) is 6.42 Å². The van der Waals surface area contributed by atoms with Crippen LogP contribution in [0, 0.1) is 0 Å². The predicted octanol–water partition coefficient (Wildman–Crippen LogP) is 4.63. The van der Waals surface area contributed by atoms with Crippen LogP contribution in [0.4, 0.5) is 0 Å². The highest BCUT2D eigenvalue weighted by atomic mass is 79.9. The minimum Gasteiger partial charge on any atom is -0.147 e. The van der Waals surface area contributed by atoms with Gasteiger partial charge in [0.15, 0.2) is 0 Å². The first-order chi connectivity index (χ1) is 6.24. The maximum Gasteiger partial charge on any atom is 0.0317 e. The molecule has 0 nitrogen and oxygen atoms in total. The van der Waals surface area contributed by atoms with Crippen molar-refractivity contribution in [2.45, 2.75) is 19.8 Å². The maximum absolute atomic E-state index is 5.61. The molecule has 13 heavy (non-hydrogen) atoms. The second-order valence-electron chi connectivity index (χ2n) is 2.90. The standard InChI is InChI=1S/C10H12BrClS/c1-8(3-2-5-12)7-10-9(11)4-6-13-10/h3-4,6H,2,5,7H2,1H3. The molecule has 1 aromatic rings. The van der Waals surface area contributed by atoms with Crippen LogP contribution in [0.25, 0.3) is 0 Å². The number of hydrogen-bond donors (Lipinski definition) is 0. The highest BCUT2D eigenvalue weighted by molar-refractivity contribution is 9.10. The zero-order valence-corrected chi connectivity index (χ0v) is 10.7. The first-order valence-electron chi connectivity index (χ1n) is 4.17. The molecule has 0 aromatic carbocycles. The molecule has 0 saturated carbocycles. The van der Waals surface area contributed by atoms with Crippen LogP contribution in [0.1, 0.15) is 18.2 Å². The molecule has 0 radical (unpaired) electrons. The Hall–Kier alpha value is 0.210. The Labute approximate surface area is 96.7 Å². The van der Waals surface area contributed by atoms with Gasteiger partial charge in [-0.2, -0.15) is 0 Å². The van der Waals surface area contributed by atoms with Crippen LogP contribution in [0.5, 0.6) is 0 Å². The Morgan fingerprint density at radius 1 is 1.69 bits per heavy atom. The summed E-state index contributed by atoms with van der Waals surface area (Å²) in [4.78, 5) is 1.39. The Morgan fingerprint density at radius 3 is 3.00 bits per heavy atom. The molecule has 1 aromatic heterocycles. The van der Waals surface area contributed by atoms with Gasteiger partial charge in [0.1, 0.15) is 0 Å². The summed E-state index contributed by atoms with van der Waals surface area (Å²) >= 11 is 10.9. The Balaban J connectivity index is 2.54. The molecule has 3 heteroatoms. The fourth-order valence-electron chi connectivity index (χ4n) is 1.08. The molecule has 1 rings (SSSR count). The van der Waals surface area contributed by atoms with E-state index in [9.17, 15) is 0 Å². The second-order valence-corrected chi connectivity index (χ2v) is 5.13. The van der Waals surface area contributed by atoms with Crippen LogP contribution in [0.15, 0.2) is 27.6 Å². The van der Waals surface area contributed by atoms with Gasteiger partial charge in [-0.3, -0.25) is 0 Å². The third-order valence-corrected chi connectivity index (χ3v) is 3.88. The highest BCUT2D eigenvalue weighted by Gasteiger charge is 2.01. The van der Waals surface area contributed by atoms with E-state index >= 15 is 0 Å². The van der Waals surface area contributed by atoms with Crippen LogP contribution < -0.4 is 0 Å². The number of allylic oxidation sites excluding steroid dienone is 2. The van der Waals surface area contributed by atoms with Crippen LogP contribution in [0.2, 0.25) is 0 Å². The van der Waals surface area contributed by atoms with Crippen LogP contribution in [-0.4, -0.2) is 5.88 Å². The average Bonchev–Trinajstić information content (AvgIpc) is 2.48. The molecule has 0 aliphatic rings. The van der Waals surface area contributed by atoms with Gasteiger partial charge in [0, 0.05) is 21.7 Å². The van der Waals surface area contributed by atoms with E-state index in [1.165, 1.54) is 14.9 Å². The normalized spacial score (nSPS) is 12.1. The van der Waals surface area contributed by atoms with Crippen molar-refractivity contribution < 1.29 is 0 Å². The van der Waals surface area contributed by atoms with E-state index in [0.717, 1.165) is 12.8 Å². The van der Waals surface area contributed by atoms with Gasteiger partial charge in [-0.05, 0) is 40.7 Å². The predicted molar refractivity (Wildman–Crippen MR) is 64.8 cm³/mol. The van der Waals surface area contributed by atoms with Crippen LogP contribution >= 0.6 is 38.9 Å². The van der Waals surface area contributed by atoms with Gasteiger partial charge in [-0.15, -0.1) is 22.9 Å². The molecule has 0 spiro atoms. The van der Waals surface area contributed by atoms with Crippen molar-refractivity contribution in [3.05, 3.63) is 32.4 Å². The van der Waals surface area contributed by atoms with E-state index in [2.05, 4.69) is 40.4 Å². The number of alkyl halides is 1. The quantitative estimate of drug-likeness (QED) is 0.557. The maximum atomic E-state index is 5.61. The average molecular weight is 280 g/mol. The summed E-state index contributed by atoms with van der Waals surface area (Å²) in [6.07, 6.45) is 4.21. The van der Waals surface area contributed by atoms with E-state index in [0.29, 0.717) is 5.88 Å². The van der Waals surface area contributed by atoms with E-state index < -0.39 is 0 Å². The van der Waals surface area contributed by atoms with Gasteiger partial charge in [-0.25, -0.2) is 0 Å². The molecule has 0 amide bonds. The van der Waals surface area contributed by atoms with E-state index in [-0.39, 0.29) is 0 Å². The molecule has 0 N–H and O–H groups in total. The largest absolute Gasteiger partial charge is 0.147 e. The van der Waals surface area contributed by atoms with Gasteiger partial charge in [0.05, 0.1) is 0 Å². The van der Waals surface area contributed by atoms with Crippen molar-refractivity contribution >= 4 is 38.9 Å². The molecule has 0 unspecified atom stereocenters. The van der Waals surface area contributed by atoms with Crippen molar-refractivity contribution in [1.29, 1.82) is 0 Å². The fourth-order valence-corrected chi connectivity index (χ4v) is 2.77. The van der Waals surface area contributed by atoms with Gasteiger partial charge in [0.2, 0.25) is 0 Å². The summed E-state index contributed by atoms with van der Waals surface area (Å²) in [6, 6.07) is 2.09.